The molecule has 0 unspecified atom stereocenters. The minimum atomic E-state index is -1.11. The fourth-order valence-corrected chi connectivity index (χ4v) is 3.02. The van der Waals surface area contributed by atoms with E-state index >= 15 is 0 Å². The van der Waals surface area contributed by atoms with E-state index in [1.54, 1.807) is 54.6 Å². The van der Waals surface area contributed by atoms with Crippen molar-refractivity contribution in [2.45, 2.75) is 13.0 Å². The summed E-state index contributed by atoms with van der Waals surface area (Å²) in [5.41, 5.74) is 2.42. The van der Waals surface area contributed by atoms with Gasteiger partial charge >= 0.3 is 5.97 Å². The Morgan fingerprint density at radius 1 is 0.903 bits per heavy atom. The topological polar surface area (TPSA) is 67.9 Å². The van der Waals surface area contributed by atoms with Gasteiger partial charge in [0.1, 0.15) is 5.75 Å². The second-order valence-corrected chi connectivity index (χ2v) is 7.06. The molecule has 0 heterocycles. The summed E-state index contributed by atoms with van der Waals surface area (Å²) in [5, 5.41) is 2.83. The van der Waals surface area contributed by atoms with E-state index in [2.05, 4.69) is 5.32 Å². The van der Waals surface area contributed by atoms with Crippen LogP contribution in [-0.2, 0) is 9.53 Å². The van der Waals surface area contributed by atoms with Crippen LogP contribution in [0.2, 0.25) is 0 Å². The number of rotatable bonds is 8. The maximum absolute atomic E-state index is 13.1. The lowest BCUT2D eigenvalue weighted by Gasteiger charge is -2.19. The Hall–Kier alpha value is -3.80. The smallest absolute Gasteiger partial charge is 0.339 e. The van der Waals surface area contributed by atoms with Crippen LogP contribution >= 0.6 is 0 Å². The normalized spacial score (nSPS) is 11.3. The van der Waals surface area contributed by atoms with E-state index in [1.807, 2.05) is 50.2 Å². The summed E-state index contributed by atoms with van der Waals surface area (Å²) >= 11 is 0. The summed E-state index contributed by atoms with van der Waals surface area (Å²) < 4.78 is 11.2. The van der Waals surface area contributed by atoms with E-state index in [0.717, 1.165) is 5.69 Å². The average Bonchev–Trinajstić information content (AvgIpc) is 2.79. The van der Waals surface area contributed by atoms with Gasteiger partial charge in [0.2, 0.25) is 6.10 Å². The Kier molecular flexibility index (Phi) is 7.27. The molecule has 0 aliphatic rings. The maximum atomic E-state index is 13.1. The van der Waals surface area contributed by atoms with E-state index in [9.17, 15) is 9.59 Å². The van der Waals surface area contributed by atoms with Crippen LogP contribution in [0.3, 0.4) is 0 Å². The van der Waals surface area contributed by atoms with E-state index in [4.69, 9.17) is 9.47 Å². The molecular weight excluding hydrogens is 392 g/mol. The first-order chi connectivity index (χ1) is 15.0. The van der Waals surface area contributed by atoms with Gasteiger partial charge in [0, 0.05) is 25.3 Å². The number of carbonyl (C=O) groups excluding carboxylic acids is 2. The minimum Gasteiger partial charge on any atom is -0.492 e. The Balaban J connectivity index is 1.83. The number of carbonyl (C=O) groups is 2. The zero-order valence-electron chi connectivity index (χ0n) is 17.9. The molecule has 1 atom stereocenters. The minimum absolute atomic E-state index is 0.369. The van der Waals surface area contributed by atoms with Crippen LogP contribution in [-0.4, -0.2) is 32.6 Å². The molecule has 0 saturated carbocycles. The molecule has 0 spiro atoms. The number of hydrogen-bond donors (Lipinski definition) is 1. The molecular formula is C25H26N2O4. The Bertz CT molecular complexity index is 1020. The molecule has 1 amide bonds. The first-order valence-electron chi connectivity index (χ1n) is 10.1. The highest BCUT2D eigenvalue weighted by Crippen LogP contribution is 2.27. The molecule has 3 rings (SSSR count). The fraction of sp³-hybridized carbons (Fsp3) is 0.200. The van der Waals surface area contributed by atoms with Gasteiger partial charge in [-0.1, -0.05) is 42.5 Å². The first-order valence-corrected chi connectivity index (χ1v) is 10.1. The highest BCUT2D eigenvalue weighted by molar-refractivity contribution is 5.99. The number of nitrogens with one attached hydrogen (secondary N) is 1. The van der Waals surface area contributed by atoms with Gasteiger partial charge in [-0.05, 0) is 43.3 Å². The van der Waals surface area contributed by atoms with Crippen molar-refractivity contribution in [1.82, 2.24) is 0 Å². The van der Waals surface area contributed by atoms with Crippen LogP contribution in [0, 0.1) is 0 Å². The third kappa shape index (κ3) is 5.63. The number of hydrogen-bond acceptors (Lipinski definition) is 5. The summed E-state index contributed by atoms with van der Waals surface area (Å²) in [6.45, 7) is 2.33. The predicted molar refractivity (Wildman–Crippen MR) is 122 cm³/mol. The molecule has 1 N–H and O–H groups in total. The van der Waals surface area contributed by atoms with E-state index < -0.39 is 18.0 Å². The molecule has 31 heavy (non-hydrogen) atoms. The van der Waals surface area contributed by atoms with Gasteiger partial charge in [-0.25, -0.2) is 4.79 Å². The number of ether oxygens (including phenoxy) is 2. The highest BCUT2D eigenvalue weighted by atomic mass is 16.5. The molecule has 3 aromatic carbocycles. The largest absolute Gasteiger partial charge is 0.492 e. The number of nitrogens with zero attached hydrogens (tertiary/aromatic N) is 1. The Labute approximate surface area is 182 Å². The van der Waals surface area contributed by atoms with Crippen LogP contribution in [0.5, 0.6) is 5.75 Å². The number of benzene rings is 3. The molecule has 0 bridgehead atoms. The molecule has 0 fully saturated rings. The number of para-hydroxylation sites is 2. The van der Waals surface area contributed by atoms with E-state index in [0.29, 0.717) is 29.2 Å². The van der Waals surface area contributed by atoms with Gasteiger partial charge in [0.05, 0.1) is 17.9 Å². The molecule has 6 nitrogen and oxygen atoms in total. The third-order valence-electron chi connectivity index (χ3n) is 4.63. The van der Waals surface area contributed by atoms with Crippen molar-refractivity contribution >= 4 is 23.3 Å². The SMILES string of the molecule is CCOc1ccccc1NC(=O)[C@H](OC(=O)c1ccc(N(C)C)cc1)c1ccccc1. The zero-order chi connectivity index (χ0) is 22.2. The van der Waals surface area contributed by atoms with Crippen LogP contribution in [0.1, 0.15) is 28.9 Å². The summed E-state index contributed by atoms with van der Waals surface area (Å²) in [7, 11) is 3.84. The molecule has 0 aromatic heterocycles. The van der Waals surface area contributed by atoms with E-state index in [-0.39, 0.29) is 0 Å². The number of amides is 1. The average molecular weight is 418 g/mol. The summed E-state index contributed by atoms with van der Waals surface area (Å²) in [5.74, 6) is -0.486. The van der Waals surface area contributed by atoms with Gasteiger partial charge < -0.3 is 19.7 Å². The quantitative estimate of drug-likeness (QED) is 0.538. The second kappa shape index (κ2) is 10.3. The van der Waals surface area contributed by atoms with Crippen LogP contribution in [0.25, 0.3) is 0 Å². The van der Waals surface area contributed by atoms with Crippen molar-refractivity contribution in [3.05, 3.63) is 90.0 Å². The fourth-order valence-electron chi connectivity index (χ4n) is 3.02. The Morgan fingerprint density at radius 3 is 2.19 bits per heavy atom. The van der Waals surface area contributed by atoms with E-state index in [1.165, 1.54) is 0 Å². The molecule has 0 radical (unpaired) electrons. The molecule has 160 valence electrons. The van der Waals surface area contributed by atoms with Crippen molar-refractivity contribution in [1.29, 1.82) is 0 Å². The van der Waals surface area contributed by atoms with Gasteiger partial charge in [0.15, 0.2) is 0 Å². The monoisotopic (exact) mass is 418 g/mol. The predicted octanol–water partition coefficient (Wildman–Crippen LogP) is 4.69. The lowest BCUT2D eigenvalue weighted by Crippen LogP contribution is -2.26. The van der Waals surface area contributed by atoms with Crippen molar-refractivity contribution in [2.24, 2.45) is 0 Å². The van der Waals surface area contributed by atoms with Gasteiger partial charge in [-0.3, -0.25) is 4.79 Å². The van der Waals surface area contributed by atoms with Crippen LogP contribution in [0.4, 0.5) is 11.4 Å². The third-order valence-corrected chi connectivity index (χ3v) is 4.63. The summed E-state index contributed by atoms with van der Waals surface area (Å²) in [6.07, 6.45) is -1.11. The highest BCUT2D eigenvalue weighted by Gasteiger charge is 2.26. The zero-order valence-corrected chi connectivity index (χ0v) is 17.9. The van der Waals surface area contributed by atoms with Gasteiger partial charge in [-0.2, -0.15) is 0 Å². The van der Waals surface area contributed by atoms with Crippen molar-refractivity contribution in [3.8, 4) is 5.75 Å². The lowest BCUT2D eigenvalue weighted by molar-refractivity contribution is -0.125. The van der Waals surface area contributed by atoms with Crippen LogP contribution in [0.15, 0.2) is 78.9 Å². The standard InChI is InChI=1S/C25H26N2O4/c1-4-30-22-13-9-8-12-21(22)26-24(28)23(18-10-6-5-7-11-18)31-25(29)19-14-16-20(17-15-19)27(2)3/h5-17,23H,4H2,1-3H3,(H,26,28)/t23-/m1/s1. The molecule has 0 saturated heterocycles. The first kappa shape index (κ1) is 21.9. The van der Waals surface area contributed by atoms with Crippen molar-refractivity contribution in [3.63, 3.8) is 0 Å². The maximum Gasteiger partial charge on any atom is 0.339 e. The van der Waals surface area contributed by atoms with Crippen molar-refractivity contribution < 1.29 is 19.1 Å². The second-order valence-electron chi connectivity index (χ2n) is 7.06. The van der Waals surface area contributed by atoms with Gasteiger partial charge in [-0.15, -0.1) is 0 Å². The number of anilines is 2. The molecule has 6 heteroatoms. The summed E-state index contributed by atoms with van der Waals surface area (Å²) in [6, 6.07) is 23.1. The lowest BCUT2D eigenvalue weighted by atomic mass is 10.1. The number of esters is 1. The Morgan fingerprint density at radius 2 is 1.55 bits per heavy atom. The molecule has 0 aliphatic heterocycles. The molecule has 0 aliphatic carbocycles. The molecule has 3 aromatic rings. The van der Waals surface area contributed by atoms with Gasteiger partial charge in [0.25, 0.3) is 5.91 Å². The van der Waals surface area contributed by atoms with Crippen LogP contribution < -0.4 is 15.0 Å². The summed E-state index contributed by atoms with van der Waals surface area (Å²) in [4.78, 5) is 27.9. The van der Waals surface area contributed by atoms with Crippen molar-refractivity contribution in [2.75, 3.05) is 30.9 Å².